The Balaban J connectivity index is 3.21. The van der Waals surface area contributed by atoms with Gasteiger partial charge in [-0.25, -0.2) is 0 Å². The molecule has 5 N–H and O–H groups in total. The van der Waals surface area contributed by atoms with Gasteiger partial charge in [-0.2, -0.15) is 0 Å². The van der Waals surface area contributed by atoms with Crippen LogP contribution in [0.5, 0.6) is 0 Å². The van der Waals surface area contributed by atoms with Gasteiger partial charge in [0.25, 0.3) is 0 Å². The number of hydrogen-bond donors (Lipinski definition) is 3. The molecule has 1 atom stereocenters. The minimum atomic E-state index is -0.933. The Labute approximate surface area is 60.2 Å². The monoisotopic (exact) mass is 148 g/mol. The summed E-state index contributed by atoms with van der Waals surface area (Å²) in [5, 5.41) is 8.33. The second-order valence-corrected chi connectivity index (χ2v) is 2.23. The van der Waals surface area contributed by atoms with Crippen molar-refractivity contribution in [1.29, 1.82) is 0 Å². The molecule has 0 heterocycles. The van der Waals surface area contributed by atoms with E-state index in [2.05, 4.69) is 0 Å². The molecule has 0 aliphatic heterocycles. The number of aliphatic carboxylic acids is 1. The first-order chi connectivity index (χ1) is 4.68. The lowest BCUT2D eigenvalue weighted by atomic mass is 10.2. The fourth-order valence-electron chi connectivity index (χ4n) is 0.632. The van der Waals surface area contributed by atoms with Crippen molar-refractivity contribution in [2.75, 3.05) is 6.54 Å². The molecule has 0 unspecified atom stereocenters. The van der Waals surface area contributed by atoms with Crippen LogP contribution in [0.1, 0.15) is 19.3 Å². The molecule has 0 rings (SSSR count). The molecule has 0 aliphatic rings. The molecule has 0 aromatic heterocycles. The van der Waals surface area contributed by atoms with Crippen molar-refractivity contribution in [2.24, 2.45) is 11.5 Å². The van der Waals surface area contributed by atoms with Gasteiger partial charge in [-0.15, -0.1) is 0 Å². The summed E-state index contributed by atoms with van der Waals surface area (Å²) in [6.07, 6.45) is 2.16. The first-order valence-corrected chi connectivity index (χ1v) is 3.37. The van der Waals surface area contributed by atoms with Gasteiger partial charge in [0.15, 0.2) is 0 Å². The highest BCUT2D eigenvalue weighted by Crippen LogP contribution is 1.96. The first-order valence-electron chi connectivity index (χ1n) is 3.37. The predicted molar refractivity (Wildman–Crippen MR) is 38.5 cm³/mol. The van der Waals surface area contributed by atoms with Crippen molar-refractivity contribution in [2.45, 2.75) is 25.3 Å². The van der Waals surface area contributed by atoms with E-state index in [1.807, 2.05) is 0 Å². The number of carbonyl (C=O) groups is 1. The third kappa shape index (κ3) is 4.29. The van der Waals surface area contributed by atoms with E-state index in [0.717, 1.165) is 12.8 Å². The minimum absolute atomic E-state index is 0.520. The summed E-state index contributed by atoms with van der Waals surface area (Å²) in [7, 11) is 0. The normalized spacial score (nSPS) is 13.0. The third-order valence-corrected chi connectivity index (χ3v) is 1.29. The van der Waals surface area contributed by atoms with Crippen LogP contribution in [0, 0.1) is 0 Å². The van der Waals surface area contributed by atoms with E-state index in [1.54, 1.807) is 0 Å². The molecule has 0 aromatic rings. The van der Waals surface area contributed by atoms with Crippen LogP contribution >= 0.6 is 0 Å². The Bertz CT molecular complexity index is 106. The lowest BCUT2D eigenvalue weighted by molar-refractivity contribution is -0.138. The number of carboxylic acid groups (broad SMARTS) is 1. The largest absolute Gasteiger partial charge is 0.480 e. The Kier molecular flexibility index (Phi) is 4.88. The summed E-state index contributed by atoms with van der Waals surface area (Å²) >= 11 is 0. The maximum atomic E-state index is 10.1. The van der Waals surface area contributed by atoms with Crippen molar-refractivity contribution in [1.82, 2.24) is 0 Å². The quantitative estimate of drug-likeness (QED) is 0.460. The number of unbranched alkanes of at least 4 members (excludes halogenated alkanes) is 1. The molecule has 10 heavy (non-hydrogen) atoms. The molecule has 0 bridgehead atoms. The number of carboxylic acids is 1. The lowest BCUT2D eigenvalue weighted by Gasteiger charge is -2.03. The summed E-state index contributed by atoms with van der Waals surface area (Å²) in [5.41, 5.74) is 10.4. The summed E-state index contributed by atoms with van der Waals surface area (Å²) in [5.74, 6) is -0.933. The molecular weight excluding hydrogens is 134 g/mol. The molecule has 0 spiro atoms. The first kappa shape index (κ1) is 9.39. The maximum absolute atomic E-state index is 10.1. The van der Waals surface area contributed by atoms with Crippen molar-refractivity contribution >= 4 is 5.97 Å². The minimum Gasteiger partial charge on any atom is -0.480 e. The van der Waals surface area contributed by atoms with Gasteiger partial charge in [0.05, 0.1) is 0 Å². The van der Waals surface area contributed by atoms with E-state index in [1.165, 1.54) is 0 Å². The highest BCUT2D eigenvalue weighted by atomic mass is 16.6. The summed E-state index contributed by atoms with van der Waals surface area (Å²) < 4.78 is 0. The summed E-state index contributed by atoms with van der Waals surface area (Å²) in [6, 6.07) is -0.716. The van der Waals surface area contributed by atoms with Gasteiger partial charge < -0.3 is 16.6 Å². The van der Waals surface area contributed by atoms with Gasteiger partial charge >= 0.3 is 5.97 Å². The Morgan fingerprint density at radius 1 is 1.50 bits per heavy atom. The molecule has 4 heteroatoms. The average Bonchev–Trinajstić information content (AvgIpc) is 1.88. The molecule has 0 saturated heterocycles. The van der Waals surface area contributed by atoms with E-state index in [0.29, 0.717) is 13.0 Å². The SMILES string of the molecule is NCCCC[C@@H](N)[14C](=O)O. The zero-order valence-corrected chi connectivity index (χ0v) is 5.92. The molecule has 0 saturated carbocycles. The molecular formula is C6H14N2O2. The molecule has 4 nitrogen and oxygen atoms in total. The molecule has 0 radical (unpaired) electrons. The average molecular weight is 148 g/mol. The van der Waals surface area contributed by atoms with Crippen molar-refractivity contribution in [3.8, 4) is 0 Å². The Morgan fingerprint density at radius 3 is 2.50 bits per heavy atom. The van der Waals surface area contributed by atoms with E-state index in [9.17, 15) is 4.79 Å². The van der Waals surface area contributed by atoms with Crippen LogP contribution < -0.4 is 11.5 Å². The van der Waals surface area contributed by atoms with E-state index < -0.39 is 12.0 Å². The van der Waals surface area contributed by atoms with Gasteiger partial charge in [-0.1, -0.05) is 6.42 Å². The molecule has 60 valence electrons. The van der Waals surface area contributed by atoms with E-state index in [4.69, 9.17) is 16.6 Å². The van der Waals surface area contributed by atoms with Gasteiger partial charge in [0.2, 0.25) is 0 Å². The predicted octanol–water partition coefficient (Wildman–Crippen LogP) is -0.473. The van der Waals surface area contributed by atoms with Gasteiger partial charge in [-0.3, -0.25) is 4.79 Å². The van der Waals surface area contributed by atoms with Crippen molar-refractivity contribution in [3.63, 3.8) is 0 Å². The van der Waals surface area contributed by atoms with Crippen LogP contribution in [0.3, 0.4) is 0 Å². The topological polar surface area (TPSA) is 89.3 Å². The zero-order chi connectivity index (χ0) is 7.98. The summed E-state index contributed by atoms with van der Waals surface area (Å²) in [6.45, 7) is 0.604. The fraction of sp³-hybridized carbons (Fsp3) is 0.833. The maximum Gasteiger partial charge on any atom is 0.320 e. The number of hydrogen-bond acceptors (Lipinski definition) is 3. The van der Waals surface area contributed by atoms with Crippen molar-refractivity contribution < 1.29 is 9.90 Å². The summed E-state index contributed by atoms with van der Waals surface area (Å²) in [4.78, 5) is 10.1. The molecule has 0 fully saturated rings. The van der Waals surface area contributed by atoms with E-state index in [-0.39, 0.29) is 0 Å². The van der Waals surface area contributed by atoms with Crippen LogP contribution in [0.4, 0.5) is 0 Å². The van der Waals surface area contributed by atoms with Gasteiger partial charge in [0.1, 0.15) is 6.04 Å². The van der Waals surface area contributed by atoms with Crippen LogP contribution in [-0.2, 0) is 4.79 Å². The van der Waals surface area contributed by atoms with Gasteiger partial charge in [-0.05, 0) is 19.4 Å². The Morgan fingerprint density at radius 2 is 2.10 bits per heavy atom. The fourth-order valence-corrected chi connectivity index (χ4v) is 0.632. The Hall–Kier alpha value is -0.610. The highest BCUT2D eigenvalue weighted by Gasteiger charge is 2.09. The highest BCUT2D eigenvalue weighted by molar-refractivity contribution is 5.72. The lowest BCUT2D eigenvalue weighted by Crippen LogP contribution is -2.29. The second-order valence-electron chi connectivity index (χ2n) is 2.23. The van der Waals surface area contributed by atoms with Crippen LogP contribution in [-0.4, -0.2) is 23.7 Å². The number of nitrogens with two attached hydrogens (primary N) is 2. The van der Waals surface area contributed by atoms with Crippen LogP contribution in [0.15, 0.2) is 0 Å². The molecule has 0 aliphatic carbocycles. The smallest absolute Gasteiger partial charge is 0.320 e. The third-order valence-electron chi connectivity index (χ3n) is 1.29. The number of rotatable bonds is 5. The van der Waals surface area contributed by atoms with Gasteiger partial charge in [0, 0.05) is 0 Å². The second kappa shape index (κ2) is 5.20. The standard InChI is InChI=1S/C6H14N2O2/c7-4-2-1-3-5(8)6(9)10/h5H,1-4,7-8H2,(H,9,10)/t5-/m1/s1/i6+2. The van der Waals surface area contributed by atoms with Crippen molar-refractivity contribution in [3.05, 3.63) is 0 Å². The van der Waals surface area contributed by atoms with E-state index >= 15 is 0 Å². The van der Waals surface area contributed by atoms with Crippen LogP contribution in [0.25, 0.3) is 0 Å². The zero-order valence-electron chi connectivity index (χ0n) is 5.92. The molecule has 0 amide bonds. The van der Waals surface area contributed by atoms with Crippen LogP contribution in [0.2, 0.25) is 0 Å². The molecule has 0 aromatic carbocycles.